The van der Waals surface area contributed by atoms with Gasteiger partial charge in [0.25, 0.3) is 0 Å². The molecule has 0 bridgehead atoms. The highest BCUT2D eigenvalue weighted by Crippen LogP contribution is 2.39. The zero-order valence-electron chi connectivity index (χ0n) is 15.4. The van der Waals surface area contributed by atoms with Gasteiger partial charge in [0, 0.05) is 41.5 Å². The Hall–Kier alpha value is -2.25. The lowest BCUT2D eigenvalue weighted by molar-refractivity contribution is -0.117. The number of anilines is 1. The number of carbonyl (C=O) groups is 1. The molecule has 142 valence electrons. The fourth-order valence-corrected chi connectivity index (χ4v) is 4.58. The maximum atomic E-state index is 11.9. The highest BCUT2D eigenvalue weighted by Gasteiger charge is 2.36. The van der Waals surface area contributed by atoms with Crippen LogP contribution < -0.4 is 11.1 Å². The molecule has 0 aliphatic heterocycles. The van der Waals surface area contributed by atoms with Crippen LogP contribution in [-0.4, -0.2) is 33.2 Å². The van der Waals surface area contributed by atoms with Gasteiger partial charge in [-0.15, -0.1) is 0 Å². The highest BCUT2D eigenvalue weighted by atomic mass is 32.1. The molecular weight excluding hydrogens is 358 g/mol. The van der Waals surface area contributed by atoms with Crippen LogP contribution >= 0.6 is 11.5 Å². The second kappa shape index (κ2) is 7.40. The van der Waals surface area contributed by atoms with Crippen LogP contribution in [-0.2, 0) is 4.79 Å². The van der Waals surface area contributed by atoms with Crippen molar-refractivity contribution in [1.82, 2.24) is 14.3 Å². The number of hydrogen-bond donors (Lipinski definition) is 3. The van der Waals surface area contributed by atoms with Crippen molar-refractivity contribution in [3.8, 4) is 10.6 Å². The van der Waals surface area contributed by atoms with Crippen molar-refractivity contribution in [2.75, 3.05) is 11.9 Å². The average molecular weight is 384 g/mol. The summed E-state index contributed by atoms with van der Waals surface area (Å²) in [4.78, 5) is 20.8. The molecular formula is C20H25N5OS. The van der Waals surface area contributed by atoms with Gasteiger partial charge in [-0.3, -0.25) is 0 Å². The molecule has 1 saturated carbocycles. The SMILES string of the molecule is CC(N)C1CCC(C=O)(CNc2ccnc3[nH]c(-c4ccns4)cc23)CC1. The van der Waals surface area contributed by atoms with Gasteiger partial charge < -0.3 is 20.8 Å². The number of nitrogens with zero attached hydrogens (tertiary/aromatic N) is 2. The van der Waals surface area contributed by atoms with E-state index in [0.29, 0.717) is 12.5 Å². The molecule has 3 aromatic heterocycles. The fraction of sp³-hybridized carbons (Fsp3) is 0.450. The normalized spacial score (nSPS) is 24.0. The molecule has 0 amide bonds. The Morgan fingerprint density at radius 3 is 2.89 bits per heavy atom. The third kappa shape index (κ3) is 3.61. The maximum absolute atomic E-state index is 11.9. The molecule has 6 nitrogen and oxygen atoms in total. The number of carbonyl (C=O) groups excluding carboxylic acids is 1. The Balaban J connectivity index is 1.52. The summed E-state index contributed by atoms with van der Waals surface area (Å²) in [5.41, 5.74) is 8.59. The number of H-pyrrole nitrogens is 1. The Kier molecular flexibility index (Phi) is 4.97. The molecule has 1 aliphatic rings. The van der Waals surface area contributed by atoms with Gasteiger partial charge in [-0.2, -0.15) is 0 Å². The van der Waals surface area contributed by atoms with Gasteiger partial charge in [-0.25, -0.2) is 9.36 Å². The number of nitrogens with one attached hydrogen (secondary N) is 2. The molecule has 0 saturated heterocycles. The summed E-state index contributed by atoms with van der Waals surface area (Å²) in [7, 11) is 0. The first-order valence-electron chi connectivity index (χ1n) is 9.45. The van der Waals surface area contributed by atoms with Gasteiger partial charge in [0.15, 0.2) is 0 Å². The van der Waals surface area contributed by atoms with E-state index in [1.54, 1.807) is 12.4 Å². The Bertz CT molecular complexity index is 910. The van der Waals surface area contributed by atoms with E-state index < -0.39 is 0 Å². The summed E-state index contributed by atoms with van der Waals surface area (Å²) < 4.78 is 4.17. The highest BCUT2D eigenvalue weighted by molar-refractivity contribution is 7.09. The molecule has 4 rings (SSSR count). The molecule has 7 heteroatoms. The first-order chi connectivity index (χ1) is 13.1. The van der Waals surface area contributed by atoms with Crippen LogP contribution in [0.5, 0.6) is 0 Å². The van der Waals surface area contributed by atoms with Crippen molar-refractivity contribution in [2.24, 2.45) is 17.1 Å². The molecule has 4 N–H and O–H groups in total. The quantitative estimate of drug-likeness (QED) is 0.562. The lowest BCUT2D eigenvalue weighted by Crippen LogP contribution is -2.39. The molecule has 0 aromatic carbocycles. The third-order valence-corrected chi connectivity index (χ3v) is 6.67. The first-order valence-corrected chi connectivity index (χ1v) is 10.2. The number of pyridine rings is 1. The molecule has 3 aromatic rings. The van der Waals surface area contributed by atoms with Crippen LogP contribution in [0.1, 0.15) is 32.6 Å². The van der Waals surface area contributed by atoms with E-state index >= 15 is 0 Å². The van der Waals surface area contributed by atoms with Crippen LogP contribution in [0.25, 0.3) is 21.6 Å². The summed E-state index contributed by atoms with van der Waals surface area (Å²) >= 11 is 1.45. The lowest BCUT2D eigenvalue weighted by atomic mass is 9.70. The minimum atomic E-state index is -0.308. The Morgan fingerprint density at radius 1 is 1.41 bits per heavy atom. The number of nitrogens with two attached hydrogens (primary N) is 1. The summed E-state index contributed by atoms with van der Waals surface area (Å²) in [6.07, 6.45) is 8.55. The standard InChI is InChI=1S/C20H25N5OS/c1-13(21)14-2-6-20(12-26,7-3-14)11-23-16-4-8-22-19-15(16)10-17(25-19)18-5-9-24-27-18/h4-5,8-10,12-14H,2-3,6-7,11,21H2,1H3,(H2,22,23,25). The van der Waals surface area contributed by atoms with E-state index in [-0.39, 0.29) is 11.5 Å². The first kappa shape index (κ1) is 18.1. The van der Waals surface area contributed by atoms with E-state index in [1.807, 2.05) is 12.1 Å². The van der Waals surface area contributed by atoms with Gasteiger partial charge >= 0.3 is 0 Å². The molecule has 0 radical (unpaired) electrons. The van der Waals surface area contributed by atoms with Crippen LogP contribution in [0.2, 0.25) is 0 Å². The van der Waals surface area contributed by atoms with E-state index in [0.717, 1.165) is 59.3 Å². The Morgan fingerprint density at radius 2 is 2.22 bits per heavy atom. The van der Waals surface area contributed by atoms with E-state index in [9.17, 15) is 4.79 Å². The molecule has 1 unspecified atom stereocenters. The zero-order valence-corrected chi connectivity index (χ0v) is 16.3. The number of fused-ring (bicyclic) bond motifs is 1. The summed E-state index contributed by atoms with van der Waals surface area (Å²) in [5.74, 6) is 0.525. The number of aromatic amines is 1. The van der Waals surface area contributed by atoms with E-state index in [2.05, 4.69) is 32.6 Å². The van der Waals surface area contributed by atoms with Crippen molar-refractivity contribution in [3.05, 3.63) is 30.6 Å². The predicted octanol–water partition coefficient (Wildman–Crippen LogP) is 3.82. The molecule has 1 fully saturated rings. The van der Waals surface area contributed by atoms with Crippen LogP contribution in [0.3, 0.4) is 0 Å². The monoisotopic (exact) mass is 383 g/mol. The lowest BCUT2D eigenvalue weighted by Gasteiger charge is -2.37. The van der Waals surface area contributed by atoms with Gasteiger partial charge in [0.05, 0.1) is 10.6 Å². The zero-order chi connectivity index (χ0) is 18.9. The number of aromatic nitrogens is 3. The van der Waals surface area contributed by atoms with E-state index in [4.69, 9.17) is 5.73 Å². The van der Waals surface area contributed by atoms with Crippen LogP contribution in [0, 0.1) is 11.3 Å². The van der Waals surface area contributed by atoms with Gasteiger partial charge in [-0.05, 0) is 68.3 Å². The number of hydrogen-bond acceptors (Lipinski definition) is 6. The minimum absolute atomic E-state index is 0.201. The largest absolute Gasteiger partial charge is 0.383 e. The van der Waals surface area contributed by atoms with Crippen LogP contribution in [0.15, 0.2) is 30.6 Å². The van der Waals surface area contributed by atoms with Crippen molar-refractivity contribution < 1.29 is 4.79 Å². The third-order valence-electron chi connectivity index (χ3n) is 5.89. The van der Waals surface area contributed by atoms with Gasteiger partial charge in [0.1, 0.15) is 11.9 Å². The van der Waals surface area contributed by atoms with Crippen molar-refractivity contribution in [3.63, 3.8) is 0 Å². The molecule has 3 heterocycles. The molecule has 0 spiro atoms. The number of aldehydes is 1. The second-order valence-electron chi connectivity index (χ2n) is 7.71. The molecule has 27 heavy (non-hydrogen) atoms. The van der Waals surface area contributed by atoms with Crippen molar-refractivity contribution in [1.29, 1.82) is 0 Å². The maximum Gasteiger partial charge on any atom is 0.139 e. The van der Waals surface area contributed by atoms with Crippen LogP contribution in [0.4, 0.5) is 5.69 Å². The topological polar surface area (TPSA) is 96.7 Å². The molecule has 1 atom stereocenters. The smallest absolute Gasteiger partial charge is 0.139 e. The Labute approximate surface area is 162 Å². The number of rotatable bonds is 6. The summed E-state index contributed by atoms with van der Waals surface area (Å²) in [5, 5.41) is 4.55. The average Bonchev–Trinajstić information content (AvgIpc) is 3.36. The van der Waals surface area contributed by atoms with Gasteiger partial charge in [-0.1, -0.05) is 0 Å². The van der Waals surface area contributed by atoms with Crippen molar-refractivity contribution in [2.45, 2.75) is 38.6 Å². The van der Waals surface area contributed by atoms with E-state index in [1.165, 1.54) is 11.5 Å². The predicted molar refractivity (Wildman–Crippen MR) is 110 cm³/mol. The second-order valence-corrected chi connectivity index (χ2v) is 8.54. The fourth-order valence-electron chi connectivity index (χ4n) is 4.02. The van der Waals surface area contributed by atoms with Crippen molar-refractivity contribution >= 4 is 34.5 Å². The summed E-state index contributed by atoms with van der Waals surface area (Å²) in [6, 6.07) is 6.26. The molecule has 1 aliphatic carbocycles. The van der Waals surface area contributed by atoms with Gasteiger partial charge in [0.2, 0.25) is 0 Å². The minimum Gasteiger partial charge on any atom is -0.383 e. The summed E-state index contributed by atoms with van der Waals surface area (Å²) in [6.45, 7) is 2.71.